The number of benzene rings is 3. The lowest BCUT2D eigenvalue weighted by Gasteiger charge is -2.12. The maximum Gasteiger partial charge on any atom is 0.262 e. The van der Waals surface area contributed by atoms with Crippen molar-refractivity contribution in [2.24, 2.45) is 5.10 Å². The Balaban J connectivity index is 1.56. The molecule has 0 aliphatic carbocycles. The Hall–Kier alpha value is -4.64. The SMILES string of the molecule is COc1ccc(C(=O)NC(C)C(=O)NN=Cc2ccccc2OCc2ccccc2C#N)cc1. The molecule has 3 aromatic carbocycles. The van der Waals surface area contributed by atoms with Crippen LogP contribution in [0.4, 0.5) is 0 Å². The van der Waals surface area contributed by atoms with Gasteiger partial charge in [-0.05, 0) is 49.4 Å². The highest BCUT2D eigenvalue weighted by Crippen LogP contribution is 2.19. The van der Waals surface area contributed by atoms with Gasteiger partial charge >= 0.3 is 0 Å². The molecule has 0 aromatic heterocycles. The van der Waals surface area contributed by atoms with E-state index in [2.05, 4.69) is 21.9 Å². The number of rotatable bonds is 9. The van der Waals surface area contributed by atoms with E-state index >= 15 is 0 Å². The molecule has 8 nitrogen and oxygen atoms in total. The van der Waals surface area contributed by atoms with E-state index in [0.717, 1.165) is 5.56 Å². The third-order valence-electron chi connectivity index (χ3n) is 4.91. The Morgan fingerprint density at radius 1 is 1.06 bits per heavy atom. The molecule has 0 heterocycles. The van der Waals surface area contributed by atoms with Gasteiger partial charge in [-0.15, -0.1) is 0 Å². The van der Waals surface area contributed by atoms with Crippen LogP contribution in [0.1, 0.15) is 34.0 Å². The quantitative estimate of drug-likeness (QED) is 0.378. The summed E-state index contributed by atoms with van der Waals surface area (Å²) in [6, 6.07) is 22.3. The molecule has 0 fully saturated rings. The third kappa shape index (κ3) is 6.43. The summed E-state index contributed by atoms with van der Waals surface area (Å²) in [4.78, 5) is 24.7. The van der Waals surface area contributed by atoms with Crippen LogP contribution in [0.15, 0.2) is 77.9 Å². The predicted molar refractivity (Wildman–Crippen MR) is 128 cm³/mol. The monoisotopic (exact) mass is 456 g/mol. The molecule has 34 heavy (non-hydrogen) atoms. The van der Waals surface area contributed by atoms with E-state index in [1.54, 1.807) is 62.6 Å². The number of carbonyl (C=O) groups is 2. The lowest BCUT2D eigenvalue weighted by atomic mass is 10.1. The Kier molecular flexibility index (Phi) is 8.36. The first-order valence-electron chi connectivity index (χ1n) is 10.5. The van der Waals surface area contributed by atoms with Crippen molar-refractivity contribution in [3.63, 3.8) is 0 Å². The molecule has 8 heteroatoms. The summed E-state index contributed by atoms with van der Waals surface area (Å²) >= 11 is 0. The molecule has 2 amide bonds. The van der Waals surface area contributed by atoms with Crippen molar-refractivity contribution >= 4 is 18.0 Å². The van der Waals surface area contributed by atoms with Gasteiger partial charge in [-0.2, -0.15) is 10.4 Å². The standard InChI is InChI=1S/C26H24N4O4/c1-18(29-26(32)19-11-13-23(33-2)14-12-19)25(31)30-28-16-21-8-5-6-10-24(21)34-17-22-9-4-3-7-20(22)15-27/h3-14,16,18H,17H2,1-2H3,(H,29,32)(H,30,31). The first-order chi connectivity index (χ1) is 16.5. The minimum atomic E-state index is -0.805. The van der Waals surface area contributed by atoms with E-state index in [-0.39, 0.29) is 12.5 Å². The molecule has 1 unspecified atom stereocenters. The van der Waals surface area contributed by atoms with E-state index in [0.29, 0.717) is 28.2 Å². The smallest absolute Gasteiger partial charge is 0.262 e. The number of nitriles is 1. The molecular weight excluding hydrogens is 432 g/mol. The van der Waals surface area contributed by atoms with Crippen LogP contribution in [0, 0.1) is 11.3 Å². The lowest BCUT2D eigenvalue weighted by Crippen LogP contribution is -2.43. The summed E-state index contributed by atoms with van der Waals surface area (Å²) in [5.74, 6) is 0.328. The molecule has 0 bridgehead atoms. The van der Waals surface area contributed by atoms with Gasteiger partial charge < -0.3 is 14.8 Å². The average molecular weight is 457 g/mol. The highest BCUT2D eigenvalue weighted by atomic mass is 16.5. The van der Waals surface area contributed by atoms with Gasteiger partial charge in [-0.25, -0.2) is 5.43 Å². The fourth-order valence-electron chi connectivity index (χ4n) is 2.98. The molecular formula is C26H24N4O4. The van der Waals surface area contributed by atoms with Gasteiger partial charge in [-0.3, -0.25) is 9.59 Å². The van der Waals surface area contributed by atoms with Crippen LogP contribution in [0.3, 0.4) is 0 Å². The summed E-state index contributed by atoms with van der Waals surface area (Å²) < 4.78 is 10.9. The van der Waals surface area contributed by atoms with Crippen LogP contribution in [-0.4, -0.2) is 31.2 Å². The third-order valence-corrected chi connectivity index (χ3v) is 4.91. The molecule has 0 saturated heterocycles. The van der Waals surface area contributed by atoms with Crippen molar-refractivity contribution in [3.8, 4) is 17.6 Å². The molecule has 1 atom stereocenters. The summed E-state index contributed by atoms with van der Waals surface area (Å²) in [7, 11) is 1.54. The van der Waals surface area contributed by atoms with E-state index in [1.807, 2.05) is 24.3 Å². The van der Waals surface area contributed by atoms with Crippen molar-refractivity contribution < 1.29 is 19.1 Å². The van der Waals surface area contributed by atoms with Crippen LogP contribution < -0.4 is 20.2 Å². The number of ether oxygens (including phenoxy) is 2. The second kappa shape index (κ2) is 11.8. The molecule has 0 saturated carbocycles. The van der Waals surface area contributed by atoms with Gasteiger partial charge in [0.25, 0.3) is 11.8 Å². The van der Waals surface area contributed by atoms with Gasteiger partial charge in [-0.1, -0.05) is 30.3 Å². The van der Waals surface area contributed by atoms with Crippen molar-refractivity contribution in [3.05, 3.63) is 95.1 Å². The normalized spacial score (nSPS) is 11.3. The topological polar surface area (TPSA) is 113 Å². The van der Waals surface area contributed by atoms with E-state index < -0.39 is 11.9 Å². The number of methoxy groups -OCH3 is 1. The lowest BCUT2D eigenvalue weighted by molar-refractivity contribution is -0.122. The Bertz CT molecular complexity index is 1220. The Labute approximate surface area is 197 Å². The fraction of sp³-hybridized carbons (Fsp3) is 0.154. The minimum absolute atomic E-state index is 0.218. The highest BCUT2D eigenvalue weighted by molar-refractivity contribution is 5.97. The van der Waals surface area contributed by atoms with Gasteiger partial charge in [0.05, 0.1) is 25.0 Å². The summed E-state index contributed by atoms with van der Waals surface area (Å²) in [6.07, 6.45) is 1.46. The second-order valence-corrected chi connectivity index (χ2v) is 7.25. The second-order valence-electron chi connectivity index (χ2n) is 7.25. The largest absolute Gasteiger partial charge is 0.497 e. The maximum absolute atomic E-state index is 12.3. The van der Waals surface area contributed by atoms with E-state index in [4.69, 9.17) is 9.47 Å². The van der Waals surface area contributed by atoms with Crippen LogP contribution in [0.25, 0.3) is 0 Å². The maximum atomic E-state index is 12.3. The minimum Gasteiger partial charge on any atom is -0.497 e. The number of nitrogens with one attached hydrogen (secondary N) is 2. The number of hydrazone groups is 1. The number of hydrogen-bond acceptors (Lipinski definition) is 6. The summed E-state index contributed by atoms with van der Waals surface area (Å²) in [6.45, 7) is 1.78. The van der Waals surface area contributed by atoms with E-state index in [9.17, 15) is 14.9 Å². The molecule has 3 rings (SSSR count). The van der Waals surface area contributed by atoms with Crippen LogP contribution in [0.2, 0.25) is 0 Å². The molecule has 0 spiro atoms. The molecule has 3 aromatic rings. The predicted octanol–water partition coefficient (Wildman–Crippen LogP) is 3.41. The van der Waals surface area contributed by atoms with Gasteiger partial charge in [0.15, 0.2) is 0 Å². The first-order valence-corrected chi connectivity index (χ1v) is 10.5. The van der Waals surface area contributed by atoms with Crippen molar-refractivity contribution in [1.82, 2.24) is 10.7 Å². The summed E-state index contributed by atoms with van der Waals surface area (Å²) in [5, 5.41) is 15.8. The van der Waals surface area contributed by atoms with Gasteiger partial charge in [0.1, 0.15) is 24.1 Å². The van der Waals surface area contributed by atoms with Crippen molar-refractivity contribution in [2.75, 3.05) is 7.11 Å². The van der Waals surface area contributed by atoms with Crippen LogP contribution in [0.5, 0.6) is 11.5 Å². The average Bonchev–Trinajstić information content (AvgIpc) is 2.88. The molecule has 172 valence electrons. The molecule has 0 aliphatic rings. The number of amides is 2. The summed E-state index contributed by atoms with van der Waals surface area (Å²) in [5.41, 5.74) is 4.80. The number of carbonyl (C=O) groups excluding carboxylic acids is 2. The van der Waals surface area contributed by atoms with E-state index in [1.165, 1.54) is 6.21 Å². The molecule has 0 radical (unpaired) electrons. The van der Waals surface area contributed by atoms with Crippen molar-refractivity contribution in [1.29, 1.82) is 5.26 Å². The van der Waals surface area contributed by atoms with Crippen LogP contribution in [-0.2, 0) is 11.4 Å². The molecule has 2 N–H and O–H groups in total. The zero-order chi connectivity index (χ0) is 24.3. The Morgan fingerprint density at radius 3 is 2.50 bits per heavy atom. The number of hydrogen-bond donors (Lipinski definition) is 2. The first kappa shape index (κ1) is 24.0. The zero-order valence-corrected chi connectivity index (χ0v) is 18.8. The van der Waals surface area contributed by atoms with Gasteiger partial charge in [0.2, 0.25) is 0 Å². The number of nitrogens with zero attached hydrogens (tertiary/aromatic N) is 2. The molecule has 0 aliphatic heterocycles. The highest BCUT2D eigenvalue weighted by Gasteiger charge is 2.16. The fourth-order valence-corrected chi connectivity index (χ4v) is 2.98. The van der Waals surface area contributed by atoms with Gasteiger partial charge in [0, 0.05) is 16.7 Å². The Morgan fingerprint density at radius 2 is 1.76 bits per heavy atom. The van der Waals surface area contributed by atoms with Crippen LogP contribution >= 0.6 is 0 Å². The zero-order valence-electron chi connectivity index (χ0n) is 18.8. The van der Waals surface area contributed by atoms with Crippen molar-refractivity contribution in [2.45, 2.75) is 19.6 Å². The number of para-hydroxylation sites is 1.